The van der Waals surface area contributed by atoms with Crippen molar-refractivity contribution in [3.05, 3.63) is 42.2 Å². The summed E-state index contributed by atoms with van der Waals surface area (Å²) in [5, 5.41) is 0. The number of amides is 1. The van der Waals surface area contributed by atoms with Crippen molar-refractivity contribution in [3.63, 3.8) is 0 Å². The Hall–Kier alpha value is -1.64. The van der Waals surface area contributed by atoms with Crippen molar-refractivity contribution in [3.8, 4) is 0 Å². The summed E-state index contributed by atoms with van der Waals surface area (Å²) in [7, 11) is 1.89. The highest BCUT2D eigenvalue weighted by molar-refractivity contribution is 5.76. The van der Waals surface area contributed by atoms with Gasteiger partial charge < -0.3 is 4.90 Å². The van der Waals surface area contributed by atoms with Gasteiger partial charge in [-0.25, -0.2) is 0 Å². The maximum Gasteiger partial charge on any atom is 0.222 e. The first-order valence-corrected chi connectivity index (χ1v) is 6.55. The molecule has 0 aliphatic heterocycles. The van der Waals surface area contributed by atoms with Gasteiger partial charge in [-0.15, -0.1) is 0 Å². The zero-order valence-corrected chi connectivity index (χ0v) is 10.9. The fourth-order valence-electron chi connectivity index (χ4n) is 2.22. The van der Waals surface area contributed by atoms with E-state index in [-0.39, 0.29) is 5.91 Å². The van der Waals surface area contributed by atoms with E-state index in [0.29, 0.717) is 12.3 Å². The third-order valence-corrected chi connectivity index (χ3v) is 3.46. The smallest absolute Gasteiger partial charge is 0.222 e. The van der Waals surface area contributed by atoms with Gasteiger partial charge in [0.2, 0.25) is 5.91 Å². The number of likely N-dealkylation sites (N-methyl/N-ethyl adjacent to an activating group) is 1. The Morgan fingerprint density at radius 2 is 2.22 bits per heavy atom. The number of nitrogens with zero attached hydrogens (tertiary/aromatic N) is 2. The fraction of sp³-hybridized carbons (Fsp3) is 0.467. The van der Waals surface area contributed by atoms with Crippen LogP contribution in [0.25, 0.3) is 0 Å². The van der Waals surface area contributed by atoms with Crippen molar-refractivity contribution in [1.82, 2.24) is 9.88 Å². The molecular formula is C15H20N2O. The van der Waals surface area contributed by atoms with E-state index in [4.69, 9.17) is 0 Å². The van der Waals surface area contributed by atoms with Crippen molar-refractivity contribution >= 4 is 5.91 Å². The first kappa shape index (κ1) is 12.8. The standard InChI is InChI=1S/C15H20N2O/c1-17(11-8-13-6-9-16-10-7-13)15(18)12-14-4-2-3-5-14/h2,4,6-7,9-10,14H,3,5,8,11-12H2,1H3/t14-/m1/s1. The number of hydrogen-bond acceptors (Lipinski definition) is 2. The third kappa shape index (κ3) is 3.69. The molecule has 1 aromatic heterocycles. The van der Waals surface area contributed by atoms with Gasteiger partial charge in [0.15, 0.2) is 0 Å². The van der Waals surface area contributed by atoms with Crippen LogP contribution in [0.4, 0.5) is 0 Å². The molecule has 1 atom stereocenters. The summed E-state index contributed by atoms with van der Waals surface area (Å²) in [6, 6.07) is 4.00. The Bertz CT molecular complexity index is 414. The van der Waals surface area contributed by atoms with Crippen LogP contribution in [-0.4, -0.2) is 29.4 Å². The Balaban J connectivity index is 1.75. The van der Waals surface area contributed by atoms with E-state index in [9.17, 15) is 4.79 Å². The van der Waals surface area contributed by atoms with Crippen LogP contribution in [0.5, 0.6) is 0 Å². The van der Waals surface area contributed by atoms with Crippen molar-refractivity contribution in [2.45, 2.75) is 25.7 Å². The second-order valence-corrected chi connectivity index (χ2v) is 4.89. The zero-order chi connectivity index (χ0) is 12.8. The van der Waals surface area contributed by atoms with Crippen molar-refractivity contribution in [2.24, 2.45) is 5.92 Å². The molecule has 2 rings (SSSR count). The molecule has 0 fully saturated rings. The number of carbonyl (C=O) groups is 1. The lowest BCUT2D eigenvalue weighted by atomic mass is 10.0. The van der Waals surface area contributed by atoms with Crippen LogP contribution in [-0.2, 0) is 11.2 Å². The Morgan fingerprint density at radius 3 is 2.89 bits per heavy atom. The summed E-state index contributed by atoms with van der Waals surface area (Å²) in [6.45, 7) is 0.777. The molecule has 1 aliphatic carbocycles. The minimum Gasteiger partial charge on any atom is -0.345 e. The van der Waals surface area contributed by atoms with Crippen molar-refractivity contribution in [2.75, 3.05) is 13.6 Å². The molecule has 0 saturated heterocycles. The normalized spacial score (nSPS) is 17.9. The molecule has 0 aromatic carbocycles. The van der Waals surface area contributed by atoms with E-state index in [0.717, 1.165) is 25.8 Å². The van der Waals surface area contributed by atoms with E-state index in [1.165, 1.54) is 5.56 Å². The van der Waals surface area contributed by atoms with Crippen LogP contribution in [0.2, 0.25) is 0 Å². The molecule has 0 bridgehead atoms. The van der Waals surface area contributed by atoms with Gasteiger partial charge >= 0.3 is 0 Å². The monoisotopic (exact) mass is 244 g/mol. The van der Waals surface area contributed by atoms with E-state index >= 15 is 0 Å². The number of carbonyl (C=O) groups excluding carboxylic acids is 1. The first-order chi connectivity index (χ1) is 8.75. The lowest BCUT2D eigenvalue weighted by molar-refractivity contribution is -0.130. The van der Waals surface area contributed by atoms with Gasteiger partial charge in [0.25, 0.3) is 0 Å². The molecule has 0 spiro atoms. The second-order valence-electron chi connectivity index (χ2n) is 4.89. The highest BCUT2D eigenvalue weighted by atomic mass is 16.2. The van der Waals surface area contributed by atoms with Crippen LogP contribution in [0.15, 0.2) is 36.7 Å². The molecular weight excluding hydrogens is 224 g/mol. The number of hydrogen-bond donors (Lipinski definition) is 0. The predicted molar refractivity (Wildman–Crippen MR) is 72.1 cm³/mol. The number of pyridine rings is 1. The molecule has 3 heteroatoms. The summed E-state index contributed by atoms with van der Waals surface area (Å²) in [6.07, 6.45) is 11.7. The average molecular weight is 244 g/mol. The van der Waals surface area contributed by atoms with Gasteiger partial charge in [0.05, 0.1) is 0 Å². The fourth-order valence-corrected chi connectivity index (χ4v) is 2.22. The summed E-state index contributed by atoms with van der Waals surface area (Å²) >= 11 is 0. The average Bonchev–Trinajstić information content (AvgIpc) is 2.90. The SMILES string of the molecule is CN(CCc1ccncc1)C(=O)C[C@@H]1C=CCC1. The van der Waals surface area contributed by atoms with E-state index < -0.39 is 0 Å². The molecule has 1 aliphatic rings. The van der Waals surface area contributed by atoms with Crippen molar-refractivity contribution < 1.29 is 4.79 Å². The second kappa shape index (κ2) is 6.34. The molecule has 1 heterocycles. The van der Waals surface area contributed by atoms with Gasteiger partial charge in [0, 0.05) is 32.4 Å². The van der Waals surface area contributed by atoms with Crippen LogP contribution in [0.1, 0.15) is 24.8 Å². The largest absolute Gasteiger partial charge is 0.345 e. The molecule has 0 unspecified atom stereocenters. The Morgan fingerprint density at radius 1 is 1.44 bits per heavy atom. The Labute approximate surface area is 109 Å². The quantitative estimate of drug-likeness (QED) is 0.745. The minimum atomic E-state index is 0.251. The molecule has 3 nitrogen and oxygen atoms in total. The predicted octanol–water partition coefficient (Wildman–Crippen LogP) is 2.44. The third-order valence-electron chi connectivity index (χ3n) is 3.46. The molecule has 0 radical (unpaired) electrons. The molecule has 18 heavy (non-hydrogen) atoms. The molecule has 0 N–H and O–H groups in total. The van der Waals surface area contributed by atoms with Gasteiger partial charge in [-0.3, -0.25) is 9.78 Å². The number of rotatable bonds is 5. The maximum absolute atomic E-state index is 12.0. The van der Waals surface area contributed by atoms with Crippen LogP contribution < -0.4 is 0 Å². The van der Waals surface area contributed by atoms with Crippen LogP contribution in [0, 0.1) is 5.92 Å². The molecule has 1 aromatic rings. The Kier molecular flexibility index (Phi) is 4.51. The summed E-state index contributed by atoms with van der Waals surface area (Å²) in [5.74, 6) is 0.710. The topological polar surface area (TPSA) is 33.2 Å². The highest BCUT2D eigenvalue weighted by Gasteiger charge is 2.16. The summed E-state index contributed by atoms with van der Waals surface area (Å²) in [5.41, 5.74) is 1.23. The summed E-state index contributed by atoms with van der Waals surface area (Å²) in [4.78, 5) is 17.8. The van der Waals surface area contributed by atoms with Crippen LogP contribution in [0.3, 0.4) is 0 Å². The molecule has 1 amide bonds. The lowest BCUT2D eigenvalue weighted by Gasteiger charge is -2.18. The summed E-state index contributed by atoms with van der Waals surface area (Å²) < 4.78 is 0. The van der Waals surface area contributed by atoms with Gasteiger partial charge in [-0.2, -0.15) is 0 Å². The van der Waals surface area contributed by atoms with Gasteiger partial charge in [-0.1, -0.05) is 12.2 Å². The van der Waals surface area contributed by atoms with Crippen molar-refractivity contribution in [1.29, 1.82) is 0 Å². The zero-order valence-electron chi connectivity index (χ0n) is 10.9. The highest BCUT2D eigenvalue weighted by Crippen LogP contribution is 2.20. The number of allylic oxidation sites excluding steroid dienone is 2. The van der Waals surface area contributed by atoms with E-state index in [2.05, 4.69) is 17.1 Å². The molecule has 0 saturated carbocycles. The molecule has 96 valence electrons. The first-order valence-electron chi connectivity index (χ1n) is 6.55. The minimum absolute atomic E-state index is 0.251. The van der Waals surface area contributed by atoms with E-state index in [1.54, 1.807) is 12.4 Å². The van der Waals surface area contributed by atoms with Crippen LogP contribution >= 0.6 is 0 Å². The maximum atomic E-state index is 12.0. The lowest BCUT2D eigenvalue weighted by Crippen LogP contribution is -2.29. The van der Waals surface area contributed by atoms with E-state index in [1.807, 2.05) is 24.1 Å². The van der Waals surface area contributed by atoms with Gasteiger partial charge in [-0.05, 0) is 42.9 Å². The van der Waals surface area contributed by atoms with Gasteiger partial charge in [0.1, 0.15) is 0 Å². The number of aromatic nitrogens is 1.